The maximum atomic E-state index is 13.7. The summed E-state index contributed by atoms with van der Waals surface area (Å²) < 4.78 is 52.3. The van der Waals surface area contributed by atoms with E-state index in [-0.39, 0.29) is 36.9 Å². The standard InChI is InChI=1S/C24H31F2N3O4S/c1-4-22(24(31)27-2)28(16-14-18-9-6-5-7-10-18)23(30)11-8-15-29(34(3,32)33)19-12-13-20(25)21(26)17-19/h5-7,9-10,12-13,17,22H,4,8,11,14-16H2,1-3H3,(H,27,31). The number of carbonyl (C=O) groups is 2. The smallest absolute Gasteiger partial charge is 0.242 e. The number of halogens is 2. The molecule has 2 aromatic rings. The minimum Gasteiger partial charge on any atom is -0.357 e. The van der Waals surface area contributed by atoms with Crippen molar-refractivity contribution in [1.82, 2.24) is 10.2 Å². The molecule has 1 N–H and O–H groups in total. The van der Waals surface area contributed by atoms with Crippen molar-refractivity contribution in [2.24, 2.45) is 0 Å². The Kier molecular flexibility index (Phi) is 9.97. The number of benzene rings is 2. The van der Waals surface area contributed by atoms with Crippen LogP contribution in [0.1, 0.15) is 31.7 Å². The molecule has 0 aromatic heterocycles. The minimum atomic E-state index is -3.80. The summed E-state index contributed by atoms with van der Waals surface area (Å²) in [7, 11) is -2.28. The van der Waals surface area contributed by atoms with Crippen molar-refractivity contribution in [1.29, 1.82) is 0 Å². The van der Waals surface area contributed by atoms with E-state index in [4.69, 9.17) is 0 Å². The highest BCUT2D eigenvalue weighted by Gasteiger charge is 2.28. The maximum absolute atomic E-state index is 13.7. The summed E-state index contributed by atoms with van der Waals surface area (Å²) >= 11 is 0. The third-order valence-corrected chi connectivity index (χ3v) is 6.65. The average molecular weight is 496 g/mol. The average Bonchev–Trinajstić information content (AvgIpc) is 2.80. The zero-order chi connectivity index (χ0) is 25.3. The minimum absolute atomic E-state index is 0.0159. The number of hydrogen-bond donors (Lipinski definition) is 1. The normalized spacial score (nSPS) is 12.1. The van der Waals surface area contributed by atoms with Crippen molar-refractivity contribution in [3.63, 3.8) is 0 Å². The first kappa shape index (κ1) is 27.2. The third-order valence-electron chi connectivity index (χ3n) is 5.46. The number of carbonyl (C=O) groups excluding carboxylic acids is 2. The predicted octanol–water partition coefficient (Wildman–Crippen LogP) is 3.11. The molecule has 0 spiro atoms. The predicted molar refractivity (Wildman–Crippen MR) is 128 cm³/mol. The molecular weight excluding hydrogens is 464 g/mol. The van der Waals surface area contributed by atoms with Crippen LogP contribution in [0.15, 0.2) is 48.5 Å². The summed E-state index contributed by atoms with van der Waals surface area (Å²) in [6.45, 7) is 2.05. The highest BCUT2D eigenvalue weighted by Crippen LogP contribution is 2.21. The highest BCUT2D eigenvalue weighted by atomic mass is 32.2. The summed E-state index contributed by atoms with van der Waals surface area (Å²) in [6.07, 6.45) is 2.06. The number of nitrogens with zero attached hydrogens (tertiary/aromatic N) is 2. The molecule has 0 saturated carbocycles. The fourth-order valence-corrected chi connectivity index (χ4v) is 4.66. The van der Waals surface area contributed by atoms with Crippen LogP contribution in [-0.2, 0) is 26.0 Å². The molecule has 1 atom stereocenters. The molecule has 0 saturated heterocycles. The second-order valence-electron chi connectivity index (χ2n) is 7.90. The van der Waals surface area contributed by atoms with Crippen molar-refractivity contribution in [3.05, 3.63) is 65.7 Å². The van der Waals surface area contributed by atoms with Crippen molar-refractivity contribution in [2.75, 3.05) is 30.7 Å². The van der Waals surface area contributed by atoms with E-state index in [1.165, 1.54) is 18.0 Å². The number of hydrogen-bond acceptors (Lipinski definition) is 4. The highest BCUT2D eigenvalue weighted by molar-refractivity contribution is 7.92. The Labute approximate surface area is 199 Å². The molecule has 0 radical (unpaired) electrons. The maximum Gasteiger partial charge on any atom is 0.242 e. The van der Waals surface area contributed by atoms with Crippen LogP contribution in [0, 0.1) is 11.6 Å². The van der Waals surface area contributed by atoms with E-state index < -0.39 is 27.7 Å². The molecule has 7 nitrogen and oxygen atoms in total. The summed E-state index contributed by atoms with van der Waals surface area (Å²) in [5.41, 5.74) is 1.00. The lowest BCUT2D eigenvalue weighted by Crippen LogP contribution is -2.49. The van der Waals surface area contributed by atoms with Crippen LogP contribution in [0.2, 0.25) is 0 Å². The Morgan fingerprint density at radius 3 is 2.26 bits per heavy atom. The van der Waals surface area contributed by atoms with Gasteiger partial charge in [-0.2, -0.15) is 0 Å². The van der Waals surface area contributed by atoms with Gasteiger partial charge < -0.3 is 10.2 Å². The van der Waals surface area contributed by atoms with Gasteiger partial charge in [-0.1, -0.05) is 37.3 Å². The van der Waals surface area contributed by atoms with Gasteiger partial charge in [0.15, 0.2) is 11.6 Å². The lowest BCUT2D eigenvalue weighted by Gasteiger charge is -2.30. The van der Waals surface area contributed by atoms with Gasteiger partial charge in [-0.3, -0.25) is 13.9 Å². The molecule has 0 bridgehead atoms. The Morgan fingerprint density at radius 2 is 1.71 bits per heavy atom. The second-order valence-corrected chi connectivity index (χ2v) is 9.80. The van der Waals surface area contributed by atoms with E-state index in [9.17, 15) is 26.8 Å². The fraction of sp³-hybridized carbons (Fsp3) is 0.417. The molecular formula is C24H31F2N3O4S. The van der Waals surface area contributed by atoms with E-state index in [2.05, 4.69) is 5.32 Å². The summed E-state index contributed by atoms with van der Waals surface area (Å²) in [5.74, 6) is -2.81. The topological polar surface area (TPSA) is 86.8 Å². The zero-order valence-corrected chi connectivity index (χ0v) is 20.4. The Hall–Kier alpha value is -3.01. The molecule has 34 heavy (non-hydrogen) atoms. The number of nitrogens with one attached hydrogen (secondary N) is 1. The van der Waals surface area contributed by atoms with Gasteiger partial charge in [-0.15, -0.1) is 0 Å². The summed E-state index contributed by atoms with van der Waals surface area (Å²) in [6, 6.07) is 11.8. The third kappa shape index (κ3) is 7.51. The van der Waals surface area contributed by atoms with E-state index in [0.717, 1.165) is 28.3 Å². The second kappa shape index (κ2) is 12.5. The molecule has 1 unspecified atom stereocenters. The number of amides is 2. The first-order chi connectivity index (χ1) is 16.1. The van der Waals surface area contributed by atoms with Crippen LogP contribution < -0.4 is 9.62 Å². The molecule has 2 aromatic carbocycles. The molecule has 186 valence electrons. The fourth-order valence-electron chi connectivity index (χ4n) is 3.71. The van der Waals surface area contributed by atoms with Crippen LogP contribution in [0.5, 0.6) is 0 Å². The first-order valence-corrected chi connectivity index (χ1v) is 12.9. The monoisotopic (exact) mass is 495 g/mol. The molecule has 0 aliphatic rings. The van der Waals surface area contributed by atoms with E-state index in [1.807, 2.05) is 37.3 Å². The van der Waals surface area contributed by atoms with Gasteiger partial charge in [-0.25, -0.2) is 17.2 Å². The molecule has 2 amide bonds. The number of sulfonamides is 1. The quantitative estimate of drug-likeness (QED) is 0.490. The lowest BCUT2D eigenvalue weighted by molar-refractivity contribution is -0.140. The number of likely N-dealkylation sites (N-methyl/N-ethyl adjacent to an activating group) is 1. The van der Waals surface area contributed by atoms with E-state index >= 15 is 0 Å². The van der Waals surface area contributed by atoms with Crippen LogP contribution in [0.4, 0.5) is 14.5 Å². The van der Waals surface area contributed by atoms with Crippen molar-refractivity contribution >= 4 is 27.5 Å². The SMILES string of the molecule is CCC(C(=O)NC)N(CCc1ccccc1)C(=O)CCCN(c1ccc(F)c(F)c1)S(C)(=O)=O. The van der Waals surface area contributed by atoms with E-state index in [0.29, 0.717) is 19.4 Å². The molecule has 2 rings (SSSR count). The van der Waals surface area contributed by atoms with E-state index in [1.54, 1.807) is 0 Å². The lowest BCUT2D eigenvalue weighted by atomic mass is 10.1. The van der Waals surface area contributed by atoms with Crippen molar-refractivity contribution in [3.8, 4) is 0 Å². The summed E-state index contributed by atoms with van der Waals surface area (Å²) in [5, 5.41) is 2.59. The Balaban J connectivity index is 2.14. The van der Waals surface area contributed by atoms with Gasteiger partial charge in [0.2, 0.25) is 21.8 Å². The molecule has 0 fully saturated rings. The van der Waals surface area contributed by atoms with Crippen molar-refractivity contribution in [2.45, 2.75) is 38.6 Å². The first-order valence-electron chi connectivity index (χ1n) is 11.1. The van der Waals surface area contributed by atoms with Gasteiger partial charge in [0.1, 0.15) is 6.04 Å². The number of anilines is 1. The zero-order valence-electron chi connectivity index (χ0n) is 19.6. The van der Waals surface area contributed by atoms with Crippen LogP contribution in [-0.4, -0.2) is 57.6 Å². The van der Waals surface area contributed by atoms with Gasteiger partial charge in [0.25, 0.3) is 0 Å². The Bertz CT molecular complexity index is 1080. The van der Waals surface area contributed by atoms with Crippen LogP contribution in [0.25, 0.3) is 0 Å². The number of rotatable bonds is 12. The van der Waals surface area contributed by atoms with Crippen molar-refractivity contribution < 1.29 is 26.8 Å². The molecule has 0 aliphatic carbocycles. The largest absolute Gasteiger partial charge is 0.357 e. The molecule has 0 aliphatic heterocycles. The summed E-state index contributed by atoms with van der Waals surface area (Å²) in [4.78, 5) is 27.0. The van der Waals surface area contributed by atoms with Gasteiger partial charge >= 0.3 is 0 Å². The molecule has 0 heterocycles. The molecule has 10 heteroatoms. The van der Waals surface area contributed by atoms with Gasteiger partial charge in [0, 0.05) is 32.6 Å². The van der Waals surface area contributed by atoms with Gasteiger partial charge in [-0.05, 0) is 37.0 Å². The van der Waals surface area contributed by atoms with Crippen LogP contribution in [0.3, 0.4) is 0 Å². The van der Waals surface area contributed by atoms with Crippen LogP contribution >= 0.6 is 0 Å². The Morgan fingerprint density at radius 1 is 1.03 bits per heavy atom. The van der Waals surface area contributed by atoms with Gasteiger partial charge in [0.05, 0.1) is 11.9 Å².